The van der Waals surface area contributed by atoms with Crippen molar-refractivity contribution < 1.29 is 110 Å². The van der Waals surface area contributed by atoms with Gasteiger partial charge in [0.2, 0.25) is 17.9 Å². The Kier molecular flexibility index (Phi) is 27.8. The van der Waals surface area contributed by atoms with Gasteiger partial charge >= 0.3 is 29.8 Å². The fourth-order valence-corrected chi connectivity index (χ4v) is 13.5. The predicted molar refractivity (Wildman–Crippen MR) is 339 cm³/mol. The molecule has 3 amide bonds. The van der Waals surface area contributed by atoms with Crippen LogP contribution in [0.4, 0.5) is 0 Å². The van der Waals surface area contributed by atoms with Crippen LogP contribution in [0.2, 0.25) is 0 Å². The standard InChI is InChI=1S/C67H88N4O23S/c1-41-48(37-67(82)59(93-62(80)46-20-14-9-15-21-46)57-65(6,49(74)36-50-66(57,40-89-50)94-43(3)73)58(77)55(90-42(2)72)53(41)64(67,4)5)91-63(81)56(54(44-16-10-7-11-17-44)71-61(79)45-18-12-8-13-19-45)92-52(76)39-95-38-47(60(69)78)70-51(75)22-24-83-26-28-85-30-32-87-34-35-88-33-31-86-29-27-84-25-23-68/h7-21,47-50,54-57,59,74,82H,22-40,68H2,1-6H3,(H2,69,78)(H,70,75)(H,71,79)/t47?,48-,49-,50+,54-,55+,56+,57-,59-,65+,66-,67+/m0/s1. The lowest BCUT2D eigenvalue weighted by molar-refractivity contribution is -0.346. The van der Waals surface area contributed by atoms with Gasteiger partial charge in [-0.3, -0.25) is 33.6 Å². The van der Waals surface area contributed by atoms with E-state index in [1.54, 1.807) is 66.7 Å². The number of hydrogen-bond donors (Lipinski definition) is 6. The zero-order chi connectivity index (χ0) is 68.9. The number of thioether (sulfide) groups is 1. The number of fused-ring (bicyclic) bond motifs is 5. The van der Waals surface area contributed by atoms with Crippen LogP contribution in [0.5, 0.6) is 0 Å². The van der Waals surface area contributed by atoms with Crippen LogP contribution >= 0.6 is 11.8 Å². The minimum absolute atomic E-state index is 0.00569. The number of nitrogens with two attached hydrogens (primary N) is 2. The average molecular weight is 1350 g/mol. The highest BCUT2D eigenvalue weighted by molar-refractivity contribution is 8.00. The van der Waals surface area contributed by atoms with E-state index < -0.39 is 142 Å². The highest BCUT2D eigenvalue weighted by Crippen LogP contribution is 2.64. The van der Waals surface area contributed by atoms with Gasteiger partial charge in [-0.05, 0) is 54.8 Å². The van der Waals surface area contributed by atoms with Crippen molar-refractivity contribution in [3.05, 3.63) is 119 Å². The van der Waals surface area contributed by atoms with Gasteiger partial charge < -0.3 is 89.2 Å². The van der Waals surface area contributed by atoms with Crippen LogP contribution in [0, 0.1) is 16.7 Å². The molecule has 12 atom stereocenters. The van der Waals surface area contributed by atoms with E-state index in [1.807, 2.05) is 0 Å². The van der Waals surface area contributed by atoms with Crippen molar-refractivity contribution in [1.29, 1.82) is 0 Å². The number of Topliss-reactive ketones (excluding diaryl/α,β-unsaturated/α-hetero) is 1. The molecule has 3 aromatic carbocycles. The highest BCUT2D eigenvalue weighted by Gasteiger charge is 2.78. The lowest BCUT2D eigenvalue weighted by Gasteiger charge is -2.67. The largest absolute Gasteiger partial charge is 0.455 e. The number of carbonyl (C=O) groups is 9. The van der Waals surface area contributed by atoms with Crippen LogP contribution < -0.4 is 22.1 Å². The van der Waals surface area contributed by atoms with Crippen molar-refractivity contribution in [2.75, 3.05) is 104 Å². The minimum Gasteiger partial charge on any atom is -0.455 e. The van der Waals surface area contributed by atoms with Gasteiger partial charge in [-0.1, -0.05) is 80.6 Å². The molecule has 1 saturated heterocycles. The smallest absolute Gasteiger partial charge is 0.350 e. The molecule has 2 saturated carbocycles. The van der Waals surface area contributed by atoms with Crippen LogP contribution in [0.1, 0.15) is 93.1 Å². The Balaban J connectivity index is 1.10. The molecule has 3 aliphatic carbocycles. The Bertz CT molecular complexity index is 3140. The maximum Gasteiger partial charge on any atom is 0.350 e. The number of ketones is 1. The Morgan fingerprint density at radius 1 is 0.705 bits per heavy atom. The van der Waals surface area contributed by atoms with E-state index in [2.05, 4.69) is 10.6 Å². The van der Waals surface area contributed by atoms with E-state index in [0.29, 0.717) is 66.0 Å². The zero-order valence-electron chi connectivity index (χ0n) is 54.3. The first-order valence-electron chi connectivity index (χ1n) is 31.4. The first-order valence-corrected chi connectivity index (χ1v) is 32.6. The second-order valence-electron chi connectivity index (χ2n) is 24.1. The molecule has 0 radical (unpaired) electrons. The van der Waals surface area contributed by atoms with E-state index >= 15 is 9.59 Å². The molecule has 27 nitrogen and oxygen atoms in total. The van der Waals surface area contributed by atoms with Crippen molar-refractivity contribution in [3.63, 3.8) is 0 Å². The van der Waals surface area contributed by atoms with Gasteiger partial charge in [-0.2, -0.15) is 0 Å². The summed E-state index contributed by atoms with van der Waals surface area (Å²) in [6.07, 6.45) is -11.5. The van der Waals surface area contributed by atoms with Gasteiger partial charge in [0.15, 0.2) is 17.5 Å². The number of hydrogen-bond acceptors (Lipinski definition) is 25. The number of primary amides is 1. The molecule has 0 spiro atoms. The summed E-state index contributed by atoms with van der Waals surface area (Å²) < 4.78 is 69.7. The maximum absolute atomic E-state index is 15.9. The minimum atomic E-state index is -2.55. The van der Waals surface area contributed by atoms with Gasteiger partial charge in [-0.25, -0.2) is 9.59 Å². The molecule has 4 aliphatic rings. The second kappa shape index (κ2) is 35.2. The summed E-state index contributed by atoms with van der Waals surface area (Å²) >= 11 is 0.820. The third-order valence-electron chi connectivity index (χ3n) is 17.5. The zero-order valence-corrected chi connectivity index (χ0v) is 55.1. The predicted octanol–water partition coefficient (Wildman–Crippen LogP) is 2.44. The maximum atomic E-state index is 15.9. The van der Waals surface area contributed by atoms with Crippen molar-refractivity contribution in [1.82, 2.24) is 10.6 Å². The van der Waals surface area contributed by atoms with E-state index in [0.717, 1.165) is 25.6 Å². The molecule has 520 valence electrons. The summed E-state index contributed by atoms with van der Waals surface area (Å²) in [5, 5.41) is 31.8. The monoisotopic (exact) mass is 1350 g/mol. The number of carbonyl (C=O) groups excluding carboxylic acids is 9. The lowest BCUT2D eigenvalue weighted by atomic mass is 9.44. The molecule has 3 aromatic rings. The van der Waals surface area contributed by atoms with Gasteiger partial charge in [0.05, 0.1) is 115 Å². The molecule has 1 unspecified atom stereocenters. The van der Waals surface area contributed by atoms with E-state index in [-0.39, 0.29) is 72.9 Å². The molecule has 2 bridgehead atoms. The normalized spacial score (nSPS) is 25.1. The molecule has 1 heterocycles. The third kappa shape index (κ3) is 18.7. The number of benzene rings is 3. The average Bonchev–Trinajstić information content (AvgIpc) is 0.670. The summed E-state index contributed by atoms with van der Waals surface area (Å²) in [7, 11) is 0. The topological polar surface area (TPSA) is 381 Å². The van der Waals surface area contributed by atoms with Crippen LogP contribution in [0.15, 0.2) is 102 Å². The molecule has 1 aliphatic heterocycles. The summed E-state index contributed by atoms with van der Waals surface area (Å²) in [6.45, 7) is 12.1. The quantitative estimate of drug-likeness (QED) is 0.0209. The fraction of sp³-hybridized carbons (Fsp3) is 0.567. The van der Waals surface area contributed by atoms with Crippen molar-refractivity contribution in [2.24, 2.45) is 28.2 Å². The third-order valence-corrected chi connectivity index (χ3v) is 18.5. The van der Waals surface area contributed by atoms with Crippen molar-refractivity contribution in [2.45, 2.75) is 121 Å². The van der Waals surface area contributed by atoms with Crippen LogP contribution in [0.25, 0.3) is 0 Å². The number of aliphatic hydroxyl groups excluding tert-OH is 1. The van der Waals surface area contributed by atoms with Gasteiger partial charge in [0.1, 0.15) is 36.0 Å². The Hall–Kier alpha value is -7.22. The van der Waals surface area contributed by atoms with Crippen molar-refractivity contribution >= 4 is 65.1 Å². The molecule has 3 fully saturated rings. The summed E-state index contributed by atoms with van der Waals surface area (Å²) in [5.74, 6) is -10.8. The van der Waals surface area contributed by atoms with Gasteiger partial charge in [0.25, 0.3) is 5.91 Å². The molecule has 7 rings (SSSR count). The summed E-state index contributed by atoms with van der Waals surface area (Å²) in [5.41, 5.74) is 3.06. The van der Waals surface area contributed by atoms with Gasteiger partial charge in [0, 0.05) is 56.4 Å². The molecule has 28 heteroatoms. The number of nitrogens with one attached hydrogen (secondary N) is 2. The molecular formula is C67H88N4O23S. The summed E-state index contributed by atoms with van der Waals surface area (Å²) in [4.78, 5) is 127. The Morgan fingerprint density at radius 2 is 1.24 bits per heavy atom. The first-order chi connectivity index (χ1) is 45.4. The number of amides is 3. The number of aliphatic hydroxyl groups is 2. The van der Waals surface area contributed by atoms with E-state index in [9.17, 15) is 43.8 Å². The van der Waals surface area contributed by atoms with E-state index in [4.69, 9.17) is 68.3 Å². The van der Waals surface area contributed by atoms with Crippen LogP contribution in [-0.2, 0) is 90.4 Å². The molecular weight excluding hydrogens is 1260 g/mol. The molecule has 8 N–H and O–H groups in total. The van der Waals surface area contributed by atoms with Gasteiger partial charge in [-0.15, -0.1) is 11.8 Å². The number of ether oxygens (including phenoxy) is 12. The van der Waals surface area contributed by atoms with Crippen molar-refractivity contribution in [3.8, 4) is 0 Å². The highest BCUT2D eigenvalue weighted by atomic mass is 32.2. The summed E-state index contributed by atoms with van der Waals surface area (Å²) in [6, 6.07) is 20.8. The molecule has 0 aromatic heterocycles. The lowest BCUT2D eigenvalue weighted by Crippen LogP contribution is -2.82. The van der Waals surface area contributed by atoms with Crippen LogP contribution in [-0.4, -0.2) is 221 Å². The first kappa shape index (κ1) is 75.2. The Morgan fingerprint density at radius 3 is 1.76 bits per heavy atom. The number of esters is 5. The van der Waals surface area contributed by atoms with Crippen LogP contribution in [0.3, 0.4) is 0 Å². The fourth-order valence-electron chi connectivity index (χ4n) is 12.6. The second-order valence-corrected chi connectivity index (χ2v) is 25.1. The SMILES string of the molecule is CC(=O)O[C@H]1C(=O)[C@@]2(C)[C@H]([C@H](OC(=O)c3ccccc3)[C@]3(O)C[C@H](OC(=O)[C@H](OC(=O)CSCC(NC(=O)CCOCCOCCOCCOCCOCCOCCN)C(N)=O)[C@@H](NC(=O)c4ccccc4)c4ccccc4)C(C)=C1C3(C)C)[C@]1(OC(C)=O)CO[C@@H]1C[C@@H]2O. The Labute approximate surface area is 555 Å². The van der Waals surface area contributed by atoms with E-state index in [1.165, 1.54) is 52.0 Å². The number of rotatable bonds is 37. The molecule has 95 heavy (non-hydrogen) atoms.